The van der Waals surface area contributed by atoms with Gasteiger partial charge in [0.25, 0.3) is 0 Å². The number of nitrogens with one attached hydrogen (secondary N) is 1. The Balaban J connectivity index is 3.81. The topological polar surface area (TPSA) is 35.8 Å². The van der Waals surface area contributed by atoms with Crippen molar-refractivity contribution in [3.05, 3.63) is 0 Å². The maximum absolute atomic E-state index is 8.59. The molecule has 2 nitrogen and oxygen atoms in total. The molecule has 0 aromatic heterocycles. The number of nitrogens with zero attached hydrogens (tertiary/aromatic N) is 1. The van der Waals surface area contributed by atoms with Gasteiger partial charge in [0.2, 0.25) is 0 Å². The Morgan fingerprint density at radius 2 is 1.77 bits per heavy atom. The van der Waals surface area contributed by atoms with E-state index in [0.29, 0.717) is 18.5 Å². The van der Waals surface area contributed by atoms with Gasteiger partial charge in [-0.05, 0) is 19.3 Å². The summed E-state index contributed by atoms with van der Waals surface area (Å²) in [5, 5.41) is 12.1. The van der Waals surface area contributed by atoms with Crippen molar-refractivity contribution in [2.45, 2.75) is 65.0 Å². The fourth-order valence-corrected chi connectivity index (χ4v) is 1.52. The normalized spacial score (nSPS) is 14.9. The average molecular weight is 182 g/mol. The predicted octanol–water partition coefficient (Wildman–Crippen LogP) is 2.85. The fourth-order valence-electron chi connectivity index (χ4n) is 1.52. The average Bonchev–Trinajstić information content (AvgIpc) is 2.16. The SMILES string of the molecule is CCCC(CC)NC(CC)CC#N. The van der Waals surface area contributed by atoms with E-state index in [2.05, 4.69) is 32.2 Å². The fraction of sp³-hybridized carbons (Fsp3) is 0.909. The van der Waals surface area contributed by atoms with E-state index in [9.17, 15) is 0 Å². The van der Waals surface area contributed by atoms with Crippen LogP contribution in [-0.4, -0.2) is 12.1 Å². The summed E-state index contributed by atoms with van der Waals surface area (Å²) in [6.07, 6.45) is 5.28. The van der Waals surface area contributed by atoms with Crippen LogP contribution in [0.5, 0.6) is 0 Å². The predicted molar refractivity (Wildman–Crippen MR) is 56.4 cm³/mol. The monoisotopic (exact) mass is 182 g/mol. The molecular weight excluding hydrogens is 160 g/mol. The summed E-state index contributed by atoms with van der Waals surface area (Å²) >= 11 is 0. The molecule has 0 aliphatic carbocycles. The van der Waals surface area contributed by atoms with Crippen molar-refractivity contribution in [3.63, 3.8) is 0 Å². The minimum atomic E-state index is 0.390. The van der Waals surface area contributed by atoms with E-state index in [0.717, 1.165) is 12.8 Å². The minimum absolute atomic E-state index is 0.390. The number of hydrogen-bond acceptors (Lipinski definition) is 2. The zero-order valence-electron chi connectivity index (χ0n) is 9.14. The first-order valence-corrected chi connectivity index (χ1v) is 5.41. The zero-order valence-corrected chi connectivity index (χ0v) is 9.14. The van der Waals surface area contributed by atoms with E-state index in [4.69, 9.17) is 5.26 Å². The summed E-state index contributed by atoms with van der Waals surface area (Å²) < 4.78 is 0. The largest absolute Gasteiger partial charge is 0.310 e. The first-order valence-electron chi connectivity index (χ1n) is 5.41. The molecular formula is C11H22N2. The second kappa shape index (κ2) is 8.07. The molecule has 0 amide bonds. The summed E-state index contributed by atoms with van der Waals surface area (Å²) in [5.41, 5.74) is 0. The molecule has 0 radical (unpaired) electrons. The highest BCUT2D eigenvalue weighted by Crippen LogP contribution is 2.05. The van der Waals surface area contributed by atoms with Crippen molar-refractivity contribution in [1.82, 2.24) is 5.32 Å². The Hall–Kier alpha value is -0.550. The number of hydrogen-bond donors (Lipinski definition) is 1. The van der Waals surface area contributed by atoms with Gasteiger partial charge in [0.05, 0.1) is 12.5 Å². The molecule has 76 valence electrons. The Labute approximate surface area is 82.3 Å². The summed E-state index contributed by atoms with van der Waals surface area (Å²) in [6.45, 7) is 6.54. The van der Waals surface area contributed by atoms with Crippen LogP contribution in [0.3, 0.4) is 0 Å². The van der Waals surface area contributed by atoms with Crippen LogP contribution in [0.15, 0.2) is 0 Å². The molecule has 2 atom stereocenters. The first-order chi connectivity index (χ1) is 6.28. The highest BCUT2D eigenvalue weighted by Gasteiger charge is 2.10. The molecule has 0 aromatic carbocycles. The number of nitriles is 1. The lowest BCUT2D eigenvalue weighted by atomic mass is 10.1. The van der Waals surface area contributed by atoms with Gasteiger partial charge in [-0.2, -0.15) is 5.26 Å². The highest BCUT2D eigenvalue weighted by atomic mass is 14.9. The number of rotatable bonds is 7. The molecule has 0 spiro atoms. The molecule has 2 heteroatoms. The van der Waals surface area contributed by atoms with Gasteiger partial charge in [-0.1, -0.05) is 27.2 Å². The van der Waals surface area contributed by atoms with Crippen LogP contribution in [0.2, 0.25) is 0 Å². The quantitative estimate of drug-likeness (QED) is 0.657. The molecule has 2 unspecified atom stereocenters. The lowest BCUT2D eigenvalue weighted by Gasteiger charge is -2.21. The molecule has 0 heterocycles. The third-order valence-electron chi connectivity index (χ3n) is 2.43. The Kier molecular flexibility index (Phi) is 7.73. The van der Waals surface area contributed by atoms with E-state index in [1.165, 1.54) is 12.8 Å². The van der Waals surface area contributed by atoms with Gasteiger partial charge in [-0.3, -0.25) is 0 Å². The van der Waals surface area contributed by atoms with Crippen LogP contribution in [0.4, 0.5) is 0 Å². The van der Waals surface area contributed by atoms with E-state index in [-0.39, 0.29) is 0 Å². The van der Waals surface area contributed by atoms with Crippen molar-refractivity contribution in [2.24, 2.45) is 0 Å². The van der Waals surface area contributed by atoms with Crippen LogP contribution in [0.25, 0.3) is 0 Å². The lowest BCUT2D eigenvalue weighted by molar-refractivity contribution is 0.390. The highest BCUT2D eigenvalue weighted by molar-refractivity contribution is 4.82. The van der Waals surface area contributed by atoms with Crippen LogP contribution < -0.4 is 5.32 Å². The van der Waals surface area contributed by atoms with Crippen molar-refractivity contribution in [1.29, 1.82) is 5.26 Å². The third-order valence-corrected chi connectivity index (χ3v) is 2.43. The molecule has 0 saturated carbocycles. The van der Waals surface area contributed by atoms with Gasteiger partial charge >= 0.3 is 0 Å². The van der Waals surface area contributed by atoms with Gasteiger partial charge in [0.1, 0.15) is 0 Å². The maximum atomic E-state index is 8.59. The van der Waals surface area contributed by atoms with E-state index in [1.807, 2.05) is 0 Å². The summed E-state index contributed by atoms with van der Waals surface area (Å²) in [6, 6.07) is 3.22. The molecule has 0 fully saturated rings. The van der Waals surface area contributed by atoms with Gasteiger partial charge in [-0.25, -0.2) is 0 Å². The van der Waals surface area contributed by atoms with Crippen molar-refractivity contribution >= 4 is 0 Å². The summed E-state index contributed by atoms with van der Waals surface area (Å²) in [4.78, 5) is 0. The smallest absolute Gasteiger partial charge is 0.0638 e. The van der Waals surface area contributed by atoms with Crippen LogP contribution >= 0.6 is 0 Å². The van der Waals surface area contributed by atoms with Gasteiger partial charge in [0.15, 0.2) is 0 Å². The van der Waals surface area contributed by atoms with E-state index < -0.39 is 0 Å². The standard InChI is InChI=1S/C11H22N2/c1-4-7-10(5-2)13-11(6-3)8-9-12/h10-11,13H,4-8H2,1-3H3. The Morgan fingerprint density at radius 1 is 1.15 bits per heavy atom. The van der Waals surface area contributed by atoms with Gasteiger partial charge < -0.3 is 5.32 Å². The molecule has 13 heavy (non-hydrogen) atoms. The summed E-state index contributed by atoms with van der Waals surface area (Å²) in [5.74, 6) is 0. The Bertz CT molecular complexity index is 149. The molecule has 0 rings (SSSR count). The van der Waals surface area contributed by atoms with Crippen molar-refractivity contribution < 1.29 is 0 Å². The first kappa shape index (κ1) is 12.4. The van der Waals surface area contributed by atoms with E-state index in [1.54, 1.807) is 0 Å². The lowest BCUT2D eigenvalue weighted by Crippen LogP contribution is -2.37. The van der Waals surface area contributed by atoms with Crippen LogP contribution in [0, 0.1) is 11.3 Å². The second-order valence-electron chi connectivity index (χ2n) is 3.53. The zero-order chi connectivity index (χ0) is 10.1. The van der Waals surface area contributed by atoms with Gasteiger partial charge in [-0.15, -0.1) is 0 Å². The molecule has 0 saturated heterocycles. The molecule has 0 bridgehead atoms. The van der Waals surface area contributed by atoms with Crippen LogP contribution in [-0.2, 0) is 0 Å². The molecule has 1 N–H and O–H groups in total. The van der Waals surface area contributed by atoms with Crippen molar-refractivity contribution in [2.75, 3.05) is 0 Å². The van der Waals surface area contributed by atoms with Crippen LogP contribution in [0.1, 0.15) is 52.9 Å². The third kappa shape index (κ3) is 5.65. The molecule has 0 aliphatic rings. The second-order valence-corrected chi connectivity index (χ2v) is 3.53. The minimum Gasteiger partial charge on any atom is -0.310 e. The molecule has 0 aromatic rings. The Morgan fingerprint density at radius 3 is 2.15 bits per heavy atom. The molecule has 0 aliphatic heterocycles. The van der Waals surface area contributed by atoms with Crippen molar-refractivity contribution in [3.8, 4) is 6.07 Å². The van der Waals surface area contributed by atoms with Gasteiger partial charge in [0, 0.05) is 12.1 Å². The maximum Gasteiger partial charge on any atom is 0.0638 e. The van der Waals surface area contributed by atoms with E-state index >= 15 is 0 Å². The summed E-state index contributed by atoms with van der Waals surface area (Å²) in [7, 11) is 0.